The zero-order chi connectivity index (χ0) is 13.7. The summed E-state index contributed by atoms with van der Waals surface area (Å²) in [7, 11) is 1.79. The number of aliphatic hydroxyl groups excluding tert-OH is 1. The highest BCUT2D eigenvalue weighted by Gasteiger charge is 2.14. The molecule has 0 spiro atoms. The fourth-order valence-electron chi connectivity index (χ4n) is 1.51. The second-order valence-electron chi connectivity index (χ2n) is 4.50. The van der Waals surface area contributed by atoms with Gasteiger partial charge in [0.15, 0.2) is 0 Å². The smallest absolute Gasteiger partial charge is 0.253 e. The van der Waals surface area contributed by atoms with E-state index in [9.17, 15) is 4.79 Å². The van der Waals surface area contributed by atoms with Gasteiger partial charge in [0, 0.05) is 24.2 Å². The van der Waals surface area contributed by atoms with Crippen molar-refractivity contribution in [2.45, 2.75) is 26.8 Å². The number of amides is 1. The van der Waals surface area contributed by atoms with E-state index < -0.39 is 0 Å². The van der Waals surface area contributed by atoms with Crippen molar-refractivity contribution >= 4 is 5.91 Å². The van der Waals surface area contributed by atoms with Crippen LogP contribution in [0.2, 0.25) is 0 Å². The van der Waals surface area contributed by atoms with E-state index in [1.807, 2.05) is 32.9 Å². The molecule has 1 aromatic carbocycles. The Hall–Kier alpha value is -1.79. The van der Waals surface area contributed by atoms with E-state index in [0.717, 1.165) is 11.1 Å². The van der Waals surface area contributed by atoms with Crippen molar-refractivity contribution in [3.63, 3.8) is 0 Å². The first-order valence-electron chi connectivity index (χ1n) is 5.95. The van der Waals surface area contributed by atoms with Crippen LogP contribution in [0, 0.1) is 18.8 Å². The van der Waals surface area contributed by atoms with Crippen LogP contribution in [0.3, 0.4) is 0 Å². The Morgan fingerprint density at radius 2 is 2.11 bits per heavy atom. The van der Waals surface area contributed by atoms with Crippen LogP contribution in [0.25, 0.3) is 0 Å². The lowest BCUT2D eigenvalue weighted by Crippen LogP contribution is -2.33. The molecule has 18 heavy (non-hydrogen) atoms. The number of nitrogens with zero attached hydrogens (tertiary/aromatic N) is 1. The summed E-state index contributed by atoms with van der Waals surface area (Å²) in [4.78, 5) is 13.8. The molecule has 3 nitrogen and oxygen atoms in total. The van der Waals surface area contributed by atoms with Crippen LogP contribution in [0.4, 0.5) is 0 Å². The van der Waals surface area contributed by atoms with Crippen molar-refractivity contribution < 1.29 is 9.90 Å². The van der Waals surface area contributed by atoms with Crippen molar-refractivity contribution in [1.82, 2.24) is 4.90 Å². The molecule has 1 N–H and O–H groups in total. The summed E-state index contributed by atoms with van der Waals surface area (Å²) < 4.78 is 0. The van der Waals surface area contributed by atoms with Gasteiger partial charge in [-0.25, -0.2) is 0 Å². The molecular formula is C15H19NO2. The largest absolute Gasteiger partial charge is 0.384 e. The maximum atomic E-state index is 12.1. The van der Waals surface area contributed by atoms with Crippen molar-refractivity contribution in [3.8, 4) is 11.8 Å². The van der Waals surface area contributed by atoms with Gasteiger partial charge >= 0.3 is 0 Å². The summed E-state index contributed by atoms with van der Waals surface area (Å²) in [5, 5.41) is 8.66. The molecule has 0 aromatic heterocycles. The van der Waals surface area contributed by atoms with Crippen LogP contribution < -0.4 is 0 Å². The van der Waals surface area contributed by atoms with Crippen molar-refractivity contribution in [1.29, 1.82) is 0 Å². The molecule has 0 fully saturated rings. The first-order valence-corrected chi connectivity index (χ1v) is 5.95. The lowest BCUT2D eigenvalue weighted by atomic mass is 10.0. The number of hydrogen-bond acceptors (Lipinski definition) is 2. The van der Waals surface area contributed by atoms with Crippen LogP contribution in [-0.2, 0) is 0 Å². The SMILES string of the molecule is Cc1cc(C(=O)N(C)C(C)C)ccc1C#CCO. The number of aliphatic hydroxyl groups is 1. The molecule has 0 aliphatic heterocycles. The van der Waals surface area contributed by atoms with Crippen LogP contribution in [0.1, 0.15) is 35.3 Å². The van der Waals surface area contributed by atoms with Gasteiger partial charge in [0.05, 0.1) is 0 Å². The maximum absolute atomic E-state index is 12.1. The van der Waals surface area contributed by atoms with Gasteiger partial charge in [0.25, 0.3) is 5.91 Å². The van der Waals surface area contributed by atoms with Crippen LogP contribution in [-0.4, -0.2) is 35.6 Å². The van der Waals surface area contributed by atoms with E-state index in [1.165, 1.54) is 0 Å². The van der Waals surface area contributed by atoms with Crippen molar-refractivity contribution in [3.05, 3.63) is 34.9 Å². The first-order chi connectivity index (χ1) is 8.47. The predicted molar refractivity (Wildman–Crippen MR) is 72.4 cm³/mol. The summed E-state index contributed by atoms with van der Waals surface area (Å²) in [6, 6.07) is 5.60. The number of hydrogen-bond donors (Lipinski definition) is 1. The molecular weight excluding hydrogens is 226 g/mol. The molecule has 0 aliphatic rings. The third-order valence-corrected chi connectivity index (χ3v) is 2.87. The van der Waals surface area contributed by atoms with E-state index in [0.29, 0.717) is 5.56 Å². The van der Waals surface area contributed by atoms with Gasteiger partial charge in [0.1, 0.15) is 6.61 Å². The van der Waals surface area contributed by atoms with Crippen LogP contribution in [0.5, 0.6) is 0 Å². The molecule has 0 aliphatic carbocycles. The second kappa shape index (κ2) is 6.23. The summed E-state index contributed by atoms with van der Waals surface area (Å²) >= 11 is 0. The van der Waals surface area contributed by atoms with Crippen molar-refractivity contribution in [2.75, 3.05) is 13.7 Å². The fraction of sp³-hybridized carbons (Fsp3) is 0.400. The highest BCUT2D eigenvalue weighted by molar-refractivity contribution is 5.94. The van der Waals surface area contributed by atoms with E-state index in [-0.39, 0.29) is 18.6 Å². The zero-order valence-electron chi connectivity index (χ0n) is 11.3. The number of carbonyl (C=O) groups excluding carboxylic acids is 1. The zero-order valence-corrected chi connectivity index (χ0v) is 11.3. The van der Waals surface area contributed by atoms with E-state index in [2.05, 4.69) is 11.8 Å². The molecule has 1 aromatic rings. The molecule has 0 saturated heterocycles. The van der Waals surface area contributed by atoms with Crippen LogP contribution >= 0.6 is 0 Å². The molecule has 1 rings (SSSR count). The summed E-state index contributed by atoms with van der Waals surface area (Å²) in [5.74, 6) is 5.47. The highest BCUT2D eigenvalue weighted by atomic mass is 16.2. The van der Waals surface area contributed by atoms with Gasteiger partial charge in [0.2, 0.25) is 0 Å². The summed E-state index contributed by atoms with van der Waals surface area (Å²) in [5.41, 5.74) is 2.45. The third-order valence-electron chi connectivity index (χ3n) is 2.87. The average molecular weight is 245 g/mol. The van der Waals surface area contributed by atoms with Gasteiger partial charge in [-0.1, -0.05) is 11.8 Å². The normalized spacial score (nSPS) is 9.89. The van der Waals surface area contributed by atoms with Crippen LogP contribution in [0.15, 0.2) is 18.2 Å². The molecule has 0 bridgehead atoms. The molecule has 0 heterocycles. The Morgan fingerprint density at radius 1 is 1.44 bits per heavy atom. The standard InChI is InChI=1S/C15H19NO2/c1-11(2)16(4)15(18)14-8-7-13(6-5-9-17)12(3)10-14/h7-8,10-11,17H,9H2,1-4H3. The van der Waals surface area contributed by atoms with Crippen molar-refractivity contribution in [2.24, 2.45) is 0 Å². The molecule has 1 amide bonds. The number of benzene rings is 1. The first kappa shape index (κ1) is 14.3. The monoisotopic (exact) mass is 245 g/mol. The highest BCUT2D eigenvalue weighted by Crippen LogP contribution is 2.13. The fourth-order valence-corrected chi connectivity index (χ4v) is 1.51. The lowest BCUT2D eigenvalue weighted by Gasteiger charge is -2.21. The maximum Gasteiger partial charge on any atom is 0.253 e. The van der Waals surface area contributed by atoms with E-state index in [4.69, 9.17) is 5.11 Å². The minimum atomic E-state index is -0.157. The molecule has 0 radical (unpaired) electrons. The lowest BCUT2D eigenvalue weighted by molar-refractivity contribution is 0.0755. The summed E-state index contributed by atoms with van der Waals surface area (Å²) in [6.07, 6.45) is 0. The number of rotatable bonds is 2. The molecule has 0 saturated carbocycles. The van der Waals surface area contributed by atoms with Gasteiger partial charge in [-0.2, -0.15) is 0 Å². The minimum Gasteiger partial charge on any atom is -0.384 e. The number of carbonyl (C=O) groups is 1. The Bertz CT molecular complexity index is 495. The minimum absolute atomic E-state index is 0.00904. The molecule has 0 unspecified atom stereocenters. The topological polar surface area (TPSA) is 40.5 Å². The number of aryl methyl sites for hydroxylation is 1. The molecule has 96 valence electrons. The average Bonchev–Trinajstić information content (AvgIpc) is 2.35. The van der Waals surface area contributed by atoms with E-state index in [1.54, 1.807) is 18.0 Å². The Morgan fingerprint density at radius 3 is 2.61 bits per heavy atom. The predicted octanol–water partition coefficient (Wildman–Crippen LogP) is 1.82. The van der Waals surface area contributed by atoms with Gasteiger partial charge in [-0.05, 0) is 44.5 Å². The van der Waals surface area contributed by atoms with Gasteiger partial charge in [-0.15, -0.1) is 0 Å². The quantitative estimate of drug-likeness (QED) is 0.807. The van der Waals surface area contributed by atoms with E-state index >= 15 is 0 Å². The Labute approximate surface area is 108 Å². The summed E-state index contributed by atoms with van der Waals surface area (Å²) in [6.45, 7) is 5.71. The molecule has 3 heteroatoms. The van der Waals surface area contributed by atoms with Gasteiger partial charge in [-0.3, -0.25) is 4.79 Å². The van der Waals surface area contributed by atoms with Gasteiger partial charge < -0.3 is 10.0 Å². The Kier molecular flexibility index (Phi) is 4.94. The molecule has 0 atom stereocenters. The Balaban J connectivity index is 3.01. The second-order valence-corrected chi connectivity index (χ2v) is 4.50. The third kappa shape index (κ3) is 3.35.